The number of piperazine rings is 1. The molecule has 0 saturated carbocycles. The van der Waals surface area contributed by atoms with E-state index in [4.69, 9.17) is 5.11 Å². The summed E-state index contributed by atoms with van der Waals surface area (Å²) in [5.74, 6) is -0.0127. The van der Waals surface area contributed by atoms with E-state index in [1.54, 1.807) is 12.1 Å². The van der Waals surface area contributed by atoms with Crippen molar-refractivity contribution >= 4 is 5.91 Å². The molecule has 1 aromatic rings. The van der Waals surface area contributed by atoms with Gasteiger partial charge in [0.15, 0.2) is 0 Å². The van der Waals surface area contributed by atoms with E-state index in [1.807, 2.05) is 11.8 Å². The molecule has 1 saturated heterocycles. The fourth-order valence-electron chi connectivity index (χ4n) is 2.66. The maximum absolute atomic E-state index is 12.9. The minimum atomic E-state index is -0.253. The Morgan fingerprint density at radius 3 is 2.43 bits per heavy atom. The fourth-order valence-corrected chi connectivity index (χ4v) is 2.66. The van der Waals surface area contributed by atoms with Gasteiger partial charge in [-0.15, -0.1) is 0 Å². The molecule has 1 amide bonds. The van der Waals surface area contributed by atoms with Gasteiger partial charge in [0, 0.05) is 39.1 Å². The molecule has 21 heavy (non-hydrogen) atoms. The summed E-state index contributed by atoms with van der Waals surface area (Å²) in [6.07, 6.45) is 0.450. The highest BCUT2D eigenvalue weighted by Crippen LogP contribution is 2.20. The molecule has 1 aliphatic heterocycles. The number of nitrogens with zero attached hydrogens (tertiary/aromatic N) is 2. The van der Waals surface area contributed by atoms with Crippen molar-refractivity contribution < 1.29 is 14.3 Å². The predicted molar refractivity (Wildman–Crippen MR) is 79.5 cm³/mol. The van der Waals surface area contributed by atoms with Crippen molar-refractivity contribution in [3.8, 4) is 0 Å². The molecule has 116 valence electrons. The van der Waals surface area contributed by atoms with Gasteiger partial charge >= 0.3 is 0 Å². The Morgan fingerprint density at radius 2 is 1.86 bits per heavy atom. The van der Waals surface area contributed by atoms with Gasteiger partial charge in [0.05, 0.1) is 6.61 Å². The number of amides is 1. The normalized spacial score (nSPS) is 17.8. The molecule has 1 heterocycles. The van der Waals surface area contributed by atoms with Gasteiger partial charge in [-0.05, 0) is 23.6 Å². The van der Waals surface area contributed by atoms with E-state index >= 15 is 0 Å². The van der Waals surface area contributed by atoms with Crippen molar-refractivity contribution in [2.24, 2.45) is 0 Å². The Kier molecular flexibility index (Phi) is 5.70. The van der Waals surface area contributed by atoms with Gasteiger partial charge in [-0.25, -0.2) is 4.39 Å². The summed E-state index contributed by atoms with van der Waals surface area (Å²) < 4.78 is 12.9. The van der Waals surface area contributed by atoms with Crippen LogP contribution in [0, 0.1) is 5.82 Å². The van der Waals surface area contributed by atoms with Gasteiger partial charge in [0.1, 0.15) is 5.82 Å². The molecule has 0 spiro atoms. The highest BCUT2D eigenvalue weighted by Gasteiger charge is 2.22. The van der Waals surface area contributed by atoms with Gasteiger partial charge in [-0.1, -0.05) is 19.1 Å². The van der Waals surface area contributed by atoms with Crippen molar-refractivity contribution in [1.82, 2.24) is 9.80 Å². The van der Waals surface area contributed by atoms with Crippen LogP contribution in [0.25, 0.3) is 0 Å². The van der Waals surface area contributed by atoms with Crippen LogP contribution in [-0.4, -0.2) is 60.1 Å². The minimum Gasteiger partial charge on any atom is -0.395 e. The molecule has 4 nitrogen and oxygen atoms in total. The van der Waals surface area contributed by atoms with E-state index in [0.717, 1.165) is 31.7 Å². The van der Waals surface area contributed by atoms with Gasteiger partial charge < -0.3 is 10.0 Å². The van der Waals surface area contributed by atoms with Crippen LogP contribution in [0.4, 0.5) is 4.39 Å². The van der Waals surface area contributed by atoms with E-state index in [9.17, 15) is 9.18 Å². The molecular formula is C16H23FN2O2. The lowest BCUT2D eigenvalue weighted by Crippen LogP contribution is -2.49. The van der Waals surface area contributed by atoms with Crippen LogP contribution >= 0.6 is 0 Å². The highest BCUT2D eigenvalue weighted by molar-refractivity contribution is 5.77. The van der Waals surface area contributed by atoms with E-state index in [-0.39, 0.29) is 24.2 Å². The number of β-amino-alcohol motifs (C(OH)–C–C–N with tert-alkyl or cyclic N) is 1. The Labute approximate surface area is 125 Å². The first-order valence-electron chi connectivity index (χ1n) is 7.46. The molecule has 5 heteroatoms. The number of benzene rings is 1. The average molecular weight is 294 g/mol. The Hall–Kier alpha value is -1.46. The molecule has 1 aliphatic rings. The standard InChI is InChI=1S/C16H23FN2O2/c1-13(14-2-4-15(17)5-3-14)12-16(21)19-8-6-18(7-9-19)10-11-20/h2-5,13,20H,6-12H2,1H3. The first-order chi connectivity index (χ1) is 10.1. The molecule has 2 rings (SSSR count). The second kappa shape index (κ2) is 7.52. The van der Waals surface area contributed by atoms with E-state index in [2.05, 4.69) is 4.90 Å². The van der Waals surface area contributed by atoms with Crippen LogP contribution in [0.1, 0.15) is 24.8 Å². The van der Waals surface area contributed by atoms with Crippen LogP contribution in [0.3, 0.4) is 0 Å². The zero-order valence-electron chi connectivity index (χ0n) is 12.5. The Balaban J connectivity index is 1.83. The van der Waals surface area contributed by atoms with Crippen molar-refractivity contribution in [2.45, 2.75) is 19.3 Å². The molecule has 0 aromatic heterocycles. The van der Waals surface area contributed by atoms with Gasteiger partial charge in [-0.3, -0.25) is 9.69 Å². The van der Waals surface area contributed by atoms with Crippen molar-refractivity contribution in [3.05, 3.63) is 35.6 Å². The van der Waals surface area contributed by atoms with E-state index in [1.165, 1.54) is 12.1 Å². The highest BCUT2D eigenvalue weighted by atomic mass is 19.1. The number of carbonyl (C=O) groups is 1. The summed E-state index contributed by atoms with van der Waals surface area (Å²) in [5, 5.41) is 8.91. The van der Waals surface area contributed by atoms with Crippen molar-refractivity contribution in [3.63, 3.8) is 0 Å². The predicted octanol–water partition coefficient (Wildman–Crippen LogP) is 1.46. The number of hydrogen-bond acceptors (Lipinski definition) is 3. The summed E-state index contributed by atoms with van der Waals surface area (Å²) in [7, 11) is 0. The third-order valence-electron chi connectivity index (χ3n) is 4.06. The molecule has 1 fully saturated rings. The molecular weight excluding hydrogens is 271 g/mol. The third-order valence-corrected chi connectivity index (χ3v) is 4.06. The van der Waals surface area contributed by atoms with Crippen molar-refractivity contribution in [2.75, 3.05) is 39.3 Å². The zero-order valence-corrected chi connectivity index (χ0v) is 12.5. The minimum absolute atomic E-state index is 0.0913. The number of aliphatic hydroxyl groups excluding tert-OH is 1. The maximum atomic E-state index is 12.9. The molecule has 0 aliphatic carbocycles. The van der Waals surface area contributed by atoms with Crippen LogP contribution in [0.2, 0.25) is 0 Å². The summed E-state index contributed by atoms with van der Waals surface area (Å²) >= 11 is 0. The van der Waals surface area contributed by atoms with Crippen LogP contribution < -0.4 is 0 Å². The number of aliphatic hydroxyl groups is 1. The maximum Gasteiger partial charge on any atom is 0.223 e. The first kappa shape index (κ1) is 15.9. The summed E-state index contributed by atoms with van der Waals surface area (Å²) in [6.45, 7) is 5.90. The average Bonchev–Trinajstić information content (AvgIpc) is 2.49. The van der Waals surface area contributed by atoms with Gasteiger partial charge in [0.2, 0.25) is 5.91 Å². The molecule has 1 atom stereocenters. The van der Waals surface area contributed by atoms with E-state index < -0.39 is 0 Å². The lowest BCUT2D eigenvalue weighted by atomic mass is 9.97. The second-order valence-corrected chi connectivity index (χ2v) is 5.60. The molecule has 1 aromatic carbocycles. The lowest BCUT2D eigenvalue weighted by Gasteiger charge is -2.34. The SMILES string of the molecule is CC(CC(=O)N1CCN(CCO)CC1)c1ccc(F)cc1. The number of carbonyl (C=O) groups excluding carboxylic acids is 1. The summed E-state index contributed by atoms with van der Waals surface area (Å²) in [5.41, 5.74) is 0.990. The second-order valence-electron chi connectivity index (χ2n) is 5.60. The van der Waals surface area contributed by atoms with Crippen molar-refractivity contribution in [1.29, 1.82) is 0 Å². The Bertz CT molecular complexity index is 456. The zero-order chi connectivity index (χ0) is 15.2. The topological polar surface area (TPSA) is 43.8 Å². The fraction of sp³-hybridized carbons (Fsp3) is 0.562. The smallest absolute Gasteiger partial charge is 0.223 e. The quantitative estimate of drug-likeness (QED) is 0.894. The molecule has 0 bridgehead atoms. The lowest BCUT2D eigenvalue weighted by molar-refractivity contribution is -0.133. The monoisotopic (exact) mass is 294 g/mol. The third kappa shape index (κ3) is 4.51. The summed E-state index contributed by atoms with van der Waals surface area (Å²) in [6, 6.07) is 6.35. The number of halogens is 1. The van der Waals surface area contributed by atoms with Gasteiger partial charge in [0.25, 0.3) is 0 Å². The van der Waals surface area contributed by atoms with Crippen LogP contribution in [-0.2, 0) is 4.79 Å². The number of hydrogen-bond donors (Lipinski definition) is 1. The molecule has 1 unspecified atom stereocenters. The largest absolute Gasteiger partial charge is 0.395 e. The van der Waals surface area contributed by atoms with Crippen LogP contribution in [0.15, 0.2) is 24.3 Å². The summed E-state index contributed by atoms with van der Waals surface area (Å²) in [4.78, 5) is 16.3. The van der Waals surface area contributed by atoms with E-state index in [0.29, 0.717) is 13.0 Å². The van der Waals surface area contributed by atoms with Crippen LogP contribution in [0.5, 0.6) is 0 Å². The van der Waals surface area contributed by atoms with Gasteiger partial charge in [-0.2, -0.15) is 0 Å². The molecule has 1 N–H and O–H groups in total. The molecule has 0 radical (unpaired) electrons. The first-order valence-corrected chi connectivity index (χ1v) is 7.46. The Morgan fingerprint density at radius 1 is 1.24 bits per heavy atom. The number of rotatable bonds is 5.